The van der Waals surface area contributed by atoms with Crippen molar-refractivity contribution in [1.82, 2.24) is 4.57 Å². The second kappa shape index (κ2) is 7.65. The SMILES string of the molecule is [2H]C1(C2CCCC2)c2ccccc2-c2c(C)n(-c3ccccc3C)c(C3CCCCC3)[n+]21. The highest BCUT2D eigenvalue weighted by Gasteiger charge is 2.47. The molecule has 0 amide bonds. The number of fused-ring (bicyclic) bond motifs is 3. The van der Waals surface area contributed by atoms with Crippen LogP contribution in [0, 0.1) is 19.8 Å². The maximum Gasteiger partial charge on any atom is 0.266 e. The molecule has 2 aromatic carbocycles. The topological polar surface area (TPSA) is 8.81 Å². The second-order valence-electron chi connectivity index (χ2n) is 10.00. The molecule has 0 saturated heterocycles. The number of benzene rings is 2. The number of imidazole rings is 1. The quantitative estimate of drug-likeness (QED) is 0.403. The Morgan fingerprint density at radius 2 is 1.52 bits per heavy atom. The fourth-order valence-corrected chi connectivity index (χ4v) is 6.69. The summed E-state index contributed by atoms with van der Waals surface area (Å²) in [7, 11) is 0. The number of aromatic nitrogens is 2. The molecule has 2 heteroatoms. The van der Waals surface area contributed by atoms with Gasteiger partial charge in [-0.3, -0.25) is 0 Å². The number of hydrogen-bond acceptors (Lipinski definition) is 0. The first kappa shape index (κ1) is 18.2. The molecule has 1 aromatic heterocycles. The average Bonchev–Trinajstić information content (AvgIpc) is 3.52. The van der Waals surface area contributed by atoms with Crippen LogP contribution in [0.5, 0.6) is 0 Å². The van der Waals surface area contributed by atoms with Crippen LogP contribution in [0.2, 0.25) is 0 Å². The molecule has 1 aliphatic heterocycles. The minimum atomic E-state index is -0.687. The highest BCUT2D eigenvalue weighted by molar-refractivity contribution is 5.68. The summed E-state index contributed by atoms with van der Waals surface area (Å²) in [6, 6.07) is 17.0. The van der Waals surface area contributed by atoms with Gasteiger partial charge in [0.25, 0.3) is 5.82 Å². The molecular weight excluding hydrogens is 376 g/mol. The van der Waals surface area contributed by atoms with E-state index in [-0.39, 0.29) is 0 Å². The van der Waals surface area contributed by atoms with E-state index in [0.29, 0.717) is 11.8 Å². The molecule has 31 heavy (non-hydrogen) atoms. The number of hydrogen-bond donors (Lipinski definition) is 0. The van der Waals surface area contributed by atoms with Crippen LogP contribution in [0.4, 0.5) is 0 Å². The Morgan fingerprint density at radius 1 is 0.839 bits per heavy atom. The zero-order valence-electron chi connectivity index (χ0n) is 20.0. The van der Waals surface area contributed by atoms with Crippen molar-refractivity contribution in [3.05, 3.63) is 71.2 Å². The Bertz CT molecular complexity index is 1160. The van der Waals surface area contributed by atoms with Crippen molar-refractivity contribution < 1.29 is 5.94 Å². The fraction of sp³-hybridized carbons (Fsp3) is 0.483. The van der Waals surface area contributed by atoms with Crippen LogP contribution in [-0.2, 0) is 0 Å². The summed E-state index contributed by atoms with van der Waals surface area (Å²) < 4.78 is 15.3. The Kier molecular flexibility index (Phi) is 4.50. The first-order valence-corrected chi connectivity index (χ1v) is 12.5. The monoisotopic (exact) mass is 412 g/mol. The van der Waals surface area contributed by atoms with E-state index >= 15 is 0 Å². The van der Waals surface area contributed by atoms with E-state index in [4.69, 9.17) is 0 Å². The Balaban J connectivity index is 1.70. The molecule has 0 spiro atoms. The van der Waals surface area contributed by atoms with Crippen LogP contribution in [0.15, 0.2) is 48.5 Å². The van der Waals surface area contributed by atoms with Crippen molar-refractivity contribution in [3.8, 4) is 16.9 Å². The van der Waals surface area contributed by atoms with Crippen molar-refractivity contribution in [2.45, 2.75) is 83.6 Å². The number of para-hydroxylation sites is 1. The molecule has 2 nitrogen and oxygen atoms in total. The molecule has 6 rings (SSSR count). The third kappa shape index (κ3) is 2.94. The van der Waals surface area contributed by atoms with Crippen LogP contribution in [0.1, 0.15) is 93.7 Å². The maximum atomic E-state index is 10.2. The normalized spacial score (nSPS) is 24.3. The van der Waals surface area contributed by atoms with E-state index in [2.05, 4.69) is 71.5 Å². The molecule has 0 radical (unpaired) electrons. The molecule has 2 aliphatic carbocycles. The van der Waals surface area contributed by atoms with Crippen molar-refractivity contribution in [2.24, 2.45) is 5.92 Å². The molecule has 2 heterocycles. The van der Waals surface area contributed by atoms with Gasteiger partial charge in [-0.1, -0.05) is 74.6 Å². The van der Waals surface area contributed by atoms with Crippen LogP contribution < -0.4 is 4.57 Å². The van der Waals surface area contributed by atoms with Gasteiger partial charge in [0.15, 0.2) is 11.4 Å². The minimum Gasteiger partial charge on any atom is -0.219 e. The standard InChI is InChI=1S/C29H35N2/c1-20-12-6-11-19-26(20)30-21(2)27-24-17-9-10-18-25(24)28(22-13-7-8-14-22)31(27)29(30)23-15-4-3-5-16-23/h6,9-12,17-19,22-23,28H,3-5,7-8,13-16H2,1-2H3/q+1/i28D. The zero-order chi connectivity index (χ0) is 21.9. The summed E-state index contributed by atoms with van der Waals surface area (Å²) >= 11 is 0. The van der Waals surface area contributed by atoms with Crippen LogP contribution in [0.3, 0.4) is 0 Å². The lowest BCUT2D eigenvalue weighted by atomic mass is 9.87. The summed E-state index contributed by atoms with van der Waals surface area (Å²) in [5, 5.41) is 0. The van der Waals surface area contributed by atoms with E-state index in [1.54, 1.807) is 0 Å². The lowest BCUT2D eigenvalue weighted by Crippen LogP contribution is -2.45. The smallest absolute Gasteiger partial charge is 0.219 e. The first-order valence-electron chi connectivity index (χ1n) is 13.0. The zero-order valence-corrected chi connectivity index (χ0v) is 19.0. The molecule has 2 fully saturated rings. The summed E-state index contributed by atoms with van der Waals surface area (Å²) in [4.78, 5) is 0. The molecule has 0 bridgehead atoms. The van der Waals surface area contributed by atoms with E-state index in [0.717, 1.165) is 0 Å². The molecule has 1 atom stereocenters. The predicted octanol–water partition coefficient (Wildman–Crippen LogP) is 7.19. The highest BCUT2D eigenvalue weighted by atomic mass is 15.2. The molecular formula is C29H35N2+. The summed E-state index contributed by atoms with van der Waals surface area (Å²) in [6.45, 7) is 4.52. The largest absolute Gasteiger partial charge is 0.266 e. The van der Waals surface area contributed by atoms with Gasteiger partial charge in [0.2, 0.25) is 0 Å². The van der Waals surface area contributed by atoms with Crippen molar-refractivity contribution in [3.63, 3.8) is 0 Å². The molecule has 1 unspecified atom stereocenters. The van der Waals surface area contributed by atoms with E-state index < -0.39 is 6.02 Å². The van der Waals surface area contributed by atoms with Gasteiger partial charge in [-0.2, -0.15) is 4.57 Å². The van der Waals surface area contributed by atoms with Crippen LogP contribution in [0.25, 0.3) is 16.9 Å². The molecule has 3 aliphatic rings. The molecule has 2 saturated carbocycles. The van der Waals surface area contributed by atoms with Crippen molar-refractivity contribution in [1.29, 1.82) is 0 Å². The van der Waals surface area contributed by atoms with Gasteiger partial charge >= 0.3 is 0 Å². The van der Waals surface area contributed by atoms with Crippen LogP contribution >= 0.6 is 0 Å². The van der Waals surface area contributed by atoms with Gasteiger partial charge in [0, 0.05) is 24.0 Å². The summed E-state index contributed by atoms with van der Waals surface area (Å²) in [5.74, 6) is 2.31. The van der Waals surface area contributed by atoms with E-state index in [9.17, 15) is 1.37 Å². The first-order chi connectivity index (χ1) is 15.6. The third-order valence-corrected chi connectivity index (χ3v) is 8.13. The van der Waals surface area contributed by atoms with E-state index in [1.165, 1.54) is 97.4 Å². The van der Waals surface area contributed by atoms with Crippen molar-refractivity contribution >= 4 is 0 Å². The van der Waals surface area contributed by atoms with Gasteiger partial charge in [-0.05, 0) is 44.2 Å². The summed E-state index contributed by atoms with van der Waals surface area (Å²) in [6.07, 6.45) is 11.3. The van der Waals surface area contributed by atoms with Gasteiger partial charge in [0.05, 0.1) is 7.29 Å². The Hall–Kier alpha value is -2.35. The second-order valence-corrected chi connectivity index (χ2v) is 10.00. The van der Waals surface area contributed by atoms with Crippen molar-refractivity contribution in [2.75, 3.05) is 0 Å². The Morgan fingerprint density at radius 3 is 2.29 bits per heavy atom. The average molecular weight is 413 g/mol. The number of aryl methyl sites for hydroxylation is 1. The lowest BCUT2D eigenvalue weighted by Gasteiger charge is -2.25. The van der Waals surface area contributed by atoms with Gasteiger partial charge < -0.3 is 0 Å². The van der Waals surface area contributed by atoms with Gasteiger partial charge in [-0.15, -0.1) is 0 Å². The minimum absolute atomic E-state index is 0.393. The van der Waals surface area contributed by atoms with E-state index in [1.807, 2.05) is 0 Å². The maximum absolute atomic E-state index is 10.2. The van der Waals surface area contributed by atoms with Gasteiger partial charge in [0.1, 0.15) is 11.7 Å². The lowest BCUT2D eigenvalue weighted by molar-refractivity contribution is -0.713. The third-order valence-electron chi connectivity index (χ3n) is 8.13. The number of rotatable bonds is 3. The van der Waals surface area contributed by atoms with Gasteiger partial charge in [-0.25, -0.2) is 4.57 Å². The molecule has 3 aromatic rings. The highest BCUT2D eigenvalue weighted by Crippen LogP contribution is 2.47. The van der Waals surface area contributed by atoms with Crippen LogP contribution in [-0.4, -0.2) is 4.57 Å². The Labute approximate surface area is 188 Å². The predicted molar refractivity (Wildman–Crippen MR) is 127 cm³/mol. The number of nitrogens with zero attached hydrogens (tertiary/aromatic N) is 2. The fourth-order valence-electron chi connectivity index (χ4n) is 6.69. The summed E-state index contributed by atoms with van der Waals surface area (Å²) in [5.41, 5.74) is 7.73. The molecule has 0 N–H and O–H groups in total. The molecule has 160 valence electrons.